The minimum Gasteiger partial charge on any atom is -0.494 e. The molecule has 1 amide bonds. The Hall–Kier alpha value is -3.48. The molecule has 1 aromatic heterocycles. The Morgan fingerprint density at radius 1 is 1.10 bits per heavy atom. The van der Waals surface area contributed by atoms with Crippen molar-refractivity contribution >= 4 is 11.6 Å². The second-order valence-corrected chi connectivity index (χ2v) is 7.14. The number of hydrogen-bond acceptors (Lipinski definition) is 6. The first kappa shape index (κ1) is 17.6. The molecule has 0 radical (unpaired) electrons. The molecule has 7 nitrogen and oxygen atoms in total. The normalized spacial score (nSPS) is 15.8. The maximum Gasteiger partial charge on any atom is 0.236 e. The van der Waals surface area contributed by atoms with Crippen molar-refractivity contribution in [1.29, 1.82) is 0 Å². The van der Waals surface area contributed by atoms with E-state index < -0.39 is 5.41 Å². The summed E-state index contributed by atoms with van der Waals surface area (Å²) in [6, 6.07) is 14.8. The van der Waals surface area contributed by atoms with Crippen LogP contribution < -0.4 is 19.5 Å². The van der Waals surface area contributed by atoms with Crippen LogP contribution in [0.5, 0.6) is 17.2 Å². The monoisotopic (exact) mass is 392 g/mol. The van der Waals surface area contributed by atoms with Gasteiger partial charge in [0.25, 0.3) is 0 Å². The highest BCUT2D eigenvalue weighted by atomic mass is 16.7. The summed E-state index contributed by atoms with van der Waals surface area (Å²) < 4.78 is 21.7. The lowest BCUT2D eigenvalue weighted by atomic mass is 10.00. The van der Waals surface area contributed by atoms with E-state index in [0.29, 0.717) is 29.6 Å². The molecule has 148 valence electrons. The van der Waals surface area contributed by atoms with E-state index in [0.717, 1.165) is 29.8 Å². The molecule has 29 heavy (non-hydrogen) atoms. The molecule has 0 atom stereocenters. The summed E-state index contributed by atoms with van der Waals surface area (Å²) in [5, 5.41) is 7.18. The van der Waals surface area contributed by atoms with E-state index in [1.165, 1.54) is 0 Å². The van der Waals surface area contributed by atoms with Gasteiger partial charge in [0.1, 0.15) is 5.75 Å². The van der Waals surface area contributed by atoms with Crippen LogP contribution in [0, 0.1) is 0 Å². The number of nitrogens with one attached hydrogen (secondary N) is 1. The number of anilines is 1. The van der Waals surface area contributed by atoms with Crippen LogP contribution in [-0.2, 0) is 10.2 Å². The third kappa shape index (κ3) is 3.18. The van der Waals surface area contributed by atoms with Crippen molar-refractivity contribution in [2.45, 2.75) is 25.2 Å². The molecule has 2 aliphatic rings. The minimum atomic E-state index is -0.642. The highest BCUT2D eigenvalue weighted by Gasteiger charge is 2.53. The van der Waals surface area contributed by atoms with E-state index in [4.69, 9.17) is 18.7 Å². The number of benzene rings is 2. The standard InChI is InChI=1S/C22H20N2O5/c1-2-26-16-6-4-15(5-7-16)23-21(25)22(9-10-22)20-12-18(29-24-20)14-3-8-17-19(11-14)28-13-27-17/h3-8,11-12H,2,9-10,13H2,1H3,(H,23,25). The summed E-state index contributed by atoms with van der Waals surface area (Å²) in [6.45, 7) is 2.75. The number of ether oxygens (including phenoxy) is 3. The number of hydrogen-bond donors (Lipinski definition) is 1. The van der Waals surface area contributed by atoms with Gasteiger partial charge in [-0.25, -0.2) is 0 Å². The summed E-state index contributed by atoms with van der Waals surface area (Å²) in [5.41, 5.74) is 1.56. The molecular formula is C22H20N2O5. The van der Waals surface area contributed by atoms with Crippen LogP contribution in [0.4, 0.5) is 5.69 Å². The molecule has 7 heteroatoms. The molecule has 0 unspecified atom stereocenters. The van der Waals surface area contributed by atoms with Crippen molar-refractivity contribution in [1.82, 2.24) is 5.16 Å². The second-order valence-electron chi connectivity index (χ2n) is 7.14. The minimum absolute atomic E-state index is 0.0767. The van der Waals surface area contributed by atoms with Crippen LogP contribution in [0.15, 0.2) is 53.1 Å². The fourth-order valence-electron chi connectivity index (χ4n) is 3.46. The molecule has 1 fully saturated rings. The van der Waals surface area contributed by atoms with Crippen molar-refractivity contribution in [3.63, 3.8) is 0 Å². The van der Waals surface area contributed by atoms with E-state index in [2.05, 4.69) is 10.5 Å². The number of amides is 1. The number of aromatic nitrogens is 1. The molecule has 1 N–H and O–H groups in total. The molecule has 3 aromatic rings. The van der Waals surface area contributed by atoms with Gasteiger partial charge in [-0.15, -0.1) is 0 Å². The van der Waals surface area contributed by atoms with Crippen molar-refractivity contribution in [3.8, 4) is 28.6 Å². The first-order valence-corrected chi connectivity index (χ1v) is 9.59. The van der Waals surface area contributed by atoms with Crippen LogP contribution in [0.3, 0.4) is 0 Å². The fourth-order valence-corrected chi connectivity index (χ4v) is 3.46. The van der Waals surface area contributed by atoms with Gasteiger partial charge in [-0.2, -0.15) is 0 Å². The summed E-state index contributed by atoms with van der Waals surface area (Å²) in [7, 11) is 0. The van der Waals surface area contributed by atoms with Crippen molar-refractivity contribution < 1.29 is 23.5 Å². The average molecular weight is 392 g/mol. The van der Waals surface area contributed by atoms with Crippen molar-refractivity contribution in [2.75, 3.05) is 18.7 Å². The maximum atomic E-state index is 12.9. The first-order valence-electron chi connectivity index (χ1n) is 9.59. The highest BCUT2D eigenvalue weighted by Crippen LogP contribution is 2.49. The topological polar surface area (TPSA) is 82.8 Å². The Labute approximate surface area is 167 Å². The first-order chi connectivity index (χ1) is 14.2. The van der Waals surface area contributed by atoms with Crippen LogP contribution in [0.1, 0.15) is 25.5 Å². The summed E-state index contributed by atoms with van der Waals surface area (Å²) in [4.78, 5) is 12.9. The van der Waals surface area contributed by atoms with E-state index in [9.17, 15) is 4.79 Å². The van der Waals surface area contributed by atoms with Gasteiger partial charge in [0.05, 0.1) is 17.7 Å². The zero-order valence-corrected chi connectivity index (χ0v) is 15.9. The van der Waals surface area contributed by atoms with Crippen LogP contribution in [-0.4, -0.2) is 24.5 Å². The quantitative estimate of drug-likeness (QED) is 0.679. The van der Waals surface area contributed by atoms with Gasteiger partial charge < -0.3 is 24.1 Å². The lowest BCUT2D eigenvalue weighted by molar-refractivity contribution is -0.118. The van der Waals surface area contributed by atoms with E-state index in [1.807, 2.05) is 55.5 Å². The van der Waals surface area contributed by atoms with Gasteiger partial charge in [-0.1, -0.05) is 5.16 Å². The fraction of sp³-hybridized carbons (Fsp3) is 0.273. The van der Waals surface area contributed by atoms with Gasteiger partial charge in [-0.05, 0) is 62.2 Å². The van der Waals surface area contributed by atoms with Gasteiger partial charge in [-0.3, -0.25) is 4.79 Å². The molecule has 0 spiro atoms. The van der Waals surface area contributed by atoms with Crippen molar-refractivity contribution in [3.05, 3.63) is 54.2 Å². The predicted molar refractivity (Wildman–Crippen MR) is 105 cm³/mol. The number of fused-ring (bicyclic) bond motifs is 1. The molecule has 0 bridgehead atoms. The second kappa shape index (κ2) is 6.84. The molecule has 2 heterocycles. The SMILES string of the molecule is CCOc1ccc(NC(=O)C2(c3cc(-c4ccc5c(c4)OCO5)on3)CC2)cc1. The zero-order valence-electron chi connectivity index (χ0n) is 15.9. The number of rotatable bonds is 6. The van der Waals surface area contributed by atoms with E-state index in [1.54, 1.807) is 0 Å². The summed E-state index contributed by atoms with van der Waals surface area (Å²) in [6.07, 6.45) is 1.48. The molecule has 2 aromatic carbocycles. The van der Waals surface area contributed by atoms with Crippen molar-refractivity contribution in [2.24, 2.45) is 0 Å². The van der Waals surface area contributed by atoms with Gasteiger partial charge in [0, 0.05) is 17.3 Å². The zero-order chi connectivity index (χ0) is 19.8. The van der Waals surface area contributed by atoms with Crippen LogP contribution >= 0.6 is 0 Å². The highest BCUT2D eigenvalue weighted by molar-refractivity contribution is 6.01. The largest absolute Gasteiger partial charge is 0.494 e. The van der Waals surface area contributed by atoms with Gasteiger partial charge in [0.2, 0.25) is 12.7 Å². The Balaban J connectivity index is 1.33. The lowest BCUT2D eigenvalue weighted by Gasteiger charge is -2.13. The van der Waals surface area contributed by atoms with Crippen LogP contribution in [0.25, 0.3) is 11.3 Å². The van der Waals surface area contributed by atoms with E-state index >= 15 is 0 Å². The Kier molecular flexibility index (Phi) is 4.16. The molecular weight excluding hydrogens is 372 g/mol. The number of nitrogens with zero attached hydrogens (tertiary/aromatic N) is 1. The molecule has 1 aliphatic carbocycles. The Morgan fingerprint density at radius 3 is 2.66 bits per heavy atom. The van der Waals surface area contributed by atoms with Crippen LogP contribution in [0.2, 0.25) is 0 Å². The Morgan fingerprint density at radius 2 is 1.90 bits per heavy atom. The summed E-state index contributed by atoms with van der Waals surface area (Å²) >= 11 is 0. The molecule has 1 aliphatic heterocycles. The maximum absolute atomic E-state index is 12.9. The number of carbonyl (C=O) groups is 1. The number of carbonyl (C=O) groups excluding carboxylic acids is 1. The lowest BCUT2D eigenvalue weighted by Crippen LogP contribution is -2.28. The van der Waals surface area contributed by atoms with E-state index in [-0.39, 0.29) is 12.7 Å². The van der Waals surface area contributed by atoms with Gasteiger partial charge in [0.15, 0.2) is 17.3 Å². The smallest absolute Gasteiger partial charge is 0.236 e. The summed E-state index contributed by atoms with van der Waals surface area (Å²) in [5.74, 6) is 2.68. The molecule has 1 saturated carbocycles. The molecule has 0 saturated heterocycles. The third-order valence-corrected chi connectivity index (χ3v) is 5.27. The van der Waals surface area contributed by atoms with Gasteiger partial charge >= 0.3 is 0 Å². The third-order valence-electron chi connectivity index (χ3n) is 5.27. The molecule has 5 rings (SSSR count). The predicted octanol–water partition coefficient (Wildman–Crippen LogP) is 4.14. The Bertz CT molecular complexity index is 1050. The average Bonchev–Trinajstić information content (AvgIpc) is 3.18.